The number of hydrogen-bond acceptors (Lipinski definition) is 5. The van der Waals surface area contributed by atoms with Crippen LogP contribution in [0.15, 0.2) is 0 Å². The van der Waals surface area contributed by atoms with Crippen molar-refractivity contribution in [2.24, 2.45) is 0 Å². The van der Waals surface area contributed by atoms with Gasteiger partial charge in [-0.05, 0) is 31.3 Å². The molecule has 0 saturated heterocycles. The Morgan fingerprint density at radius 1 is 1.24 bits per heavy atom. The zero-order chi connectivity index (χ0) is 16.1. The maximum atomic E-state index is 11.6. The number of carboxylic acid groups (broad SMARTS) is 1. The van der Waals surface area contributed by atoms with E-state index >= 15 is 0 Å². The first kappa shape index (κ1) is 19.6. The Morgan fingerprint density at radius 2 is 1.95 bits per heavy atom. The van der Waals surface area contributed by atoms with Gasteiger partial charge < -0.3 is 20.5 Å². The lowest BCUT2D eigenvalue weighted by Gasteiger charge is -2.14. The van der Waals surface area contributed by atoms with Crippen molar-refractivity contribution in [2.45, 2.75) is 38.1 Å². The van der Waals surface area contributed by atoms with Crippen molar-refractivity contribution in [3.8, 4) is 0 Å². The number of rotatable bonds is 11. The topological polar surface area (TPSA) is 105 Å². The number of esters is 1. The highest BCUT2D eigenvalue weighted by atomic mass is 32.2. The van der Waals surface area contributed by atoms with Crippen LogP contribution < -0.4 is 10.6 Å². The summed E-state index contributed by atoms with van der Waals surface area (Å²) >= 11 is 1.78. The predicted octanol–water partition coefficient (Wildman–Crippen LogP) is 1.23. The number of carboxylic acids is 1. The fourth-order valence-corrected chi connectivity index (χ4v) is 2.07. The predicted molar refractivity (Wildman–Crippen MR) is 81.4 cm³/mol. The Balaban J connectivity index is 3.90. The maximum absolute atomic E-state index is 11.6. The molecule has 0 aliphatic carbocycles. The largest absolute Gasteiger partial charge is 0.480 e. The second-order valence-corrected chi connectivity index (χ2v) is 5.44. The molecule has 1 atom stereocenters. The van der Waals surface area contributed by atoms with Gasteiger partial charge in [-0.1, -0.05) is 6.42 Å². The number of unbranched alkanes of at least 4 members (excludes halogenated alkanes) is 2. The number of thioether (sulfide) groups is 1. The van der Waals surface area contributed by atoms with Crippen molar-refractivity contribution < 1.29 is 24.2 Å². The summed E-state index contributed by atoms with van der Waals surface area (Å²) in [4.78, 5) is 33.5. The van der Waals surface area contributed by atoms with Crippen molar-refractivity contribution in [3.05, 3.63) is 0 Å². The first-order chi connectivity index (χ1) is 10.0. The summed E-state index contributed by atoms with van der Waals surface area (Å²) in [5, 5.41) is 13.9. The highest BCUT2D eigenvalue weighted by Crippen LogP contribution is 2.02. The Morgan fingerprint density at radius 3 is 2.52 bits per heavy atom. The molecule has 21 heavy (non-hydrogen) atoms. The molecule has 0 aliphatic rings. The number of aliphatic carboxylic acids is 1. The number of ether oxygens (including phenoxy) is 1. The van der Waals surface area contributed by atoms with Crippen LogP contribution in [0.5, 0.6) is 0 Å². The van der Waals surface area contributed by atoms with Gasteiger partial charge in [0, 0.05) is 13.0 Å². The van der Waals surface area contributed by atoms with Crippen LogP contribution in [0.2, 0.25) is 0 Å². The Labute approximate surface area is 129 Å². The van der Waals surface area contributed by atoms with Crippen LogP contribution in [0.3, 0.4) is 0 Å². The molecule has 122 valence electrons. The average Bonchev–Trinajstić information content (AvgIpc) is 2.46. The zero-order valence-corrected chi connectivity index (χ0v) is 13.3. The molecule has 0 radical (unpaired) electrons. The lowest BCUT2D eigenvalue weighted by atomic mass is 10.1. The lowest BCUT2D eigenvalue weighted by Crippen LogP contribution is -2.46. The molecular formula is C13H24N2O5S. The van der Waals surface area contributed by atoms with Gasteiger partial charge in [-0.25, -0.2) is 9.59 Å². The van der Waals surface area contributed by atoms with Crippen LogP contribution in [0, 0.1) is 0 Å². The second kappa shape index (κ2) is 12.3. The first-order valence-corrected chi connectivity index (χ1v) is 8.23. The molecule has 0 fully saturated rings. The van der Waals surface area contributed by atoms with Gasteiger partial charge in [0.2, 0.25) is 0 Å². The van der Waals surface area contributed by atoms with Crippen molar-refractivity contribution >= 4 is 29.7 Å². The molecule has 0 rings (SSSR count). The van der Waals surface area contributed by atoms with Gasteiger partial charge in [-0.3, -0.25) is 4.79 Å². The molecule has 3 N–H and O–H groups in total. The van der Waals surface area contributed by atoms with Gasteiger partial charge in [0.25, 0.3) is 0 Å². The normalized spacial score (nSPS) is 11.5. The Hall–Kier alpha value is -1.44. The Bertz CT molecular complexity index is 339. The van der Waals surface area contributed by atoms with E-state index in [1.165, 1.54) is 7.11 Å². The minimum Gasteiger partial charge on any atom is -0.480 e. The SMILES string of the molecule is COC(=O)CC[C@@H](NC(=O)NCCCCCSC)C(=O)O. The molecule has 8 heteroatoms. The number of methoxy groups -OCH3 is 1. The second-order valence-electron chi connectivity index (χ2n) is 4.46. The van der Waals surface area contributed by atoms with Crippen LogP contribution in [0.1, 0.15) is 32.1 Å². The molecule has 0 heterocycles. The monoisotopic (exact) mass is 320 g/mol. The minimum absolute atomic E-state index is 0.00312. The number of carbonyl (C=O) groups excluding carboxylic acids is 2. The molecule has 7 nitrogen and oxygen atoms in total. The van der Waals surface area contributed by atoms with Crippen LogP contribution in [0.4, 0.5) is 4.79 Å². The third-order valence-corrected chi connectivity index (χ3v) is 3.48. The number of nitrogens with one attached hydrogen (secondary N) is 2. The van der Waals surface area contributed by atoms with Gasteiger partial charge >= 0.3 is 18.0 Å². The third-order valence-electron chi connectivity index (χ3n) is 2.78. The highest BCUT2D eigenvalue weighted by Gasteiger charge is 2.20. The Kier molecular flexibility index (Phi) is 11.5. The van der Waals surface area contributed by atoms with Gasteiger partial charge in [-0.2, -0.15) is 11.8 Å². The summed E-state index contributed by atoms with van der Waals surface area (Å²) in [5.74, 6) is -0.577. The first-order valence-electron chi connectivity index (χ1n) is 6.84. The van der Waals surface area contributed by atoms with Gasteiger partial charge in [0.15, 0.2) is 0 Å². The summed E-state index contributed by atoms with van der Waals surface area (Å²) in [7, 11) is 1.23. The van der Waals surface area contributed by atoms with Crippen molar-refractivity contribution in [3.63, 3.8) is 0 Å². The fraction of sp³-hybridized carbons (Fsp3) is 0.769. The van der Waals surface area contributed by atoms with Gasteiger partial charge in [-0.15, -0.1) is 0 Å². The molecule has 2 amide bonds. The molecule has 0 aromatic carbocycles. The van der Waals surface area contributed by atoms with Crippen molar-refractivity contribution in [2.75, 3.05) is 25.7 Å². The highest BCUT2D eigenvalue weighted by molar-refractivity contribution is 7.98. The van der Waals surface area contributed by atoms with Crippen LogP contribution >= 0.6 is 11.8 Å². The maximum Gasteiger partial charge on any atom is 0.326 e. The summed E-state index contributed by atoms with van der Waals surface area (Å²) in [6.07, 6.45) is 4.97. The van der Waals surface area contributed by atoms with E-state index in [9.17, 15) is 14.4 Å². The molecular weight excluding hydrogens is 296 g/mol. The molecule has 0 aliphatic heterocycles. The quantitative estimate of drug-likeness (QED) is 0.390. The lowest BCUT2D eigenvalue weighted by molar-refractivity contribution is -0.142. The molecule has 0 aromatic heterocycles. The van der Waals surface area contributed by atoms with E-state index in [-0.39, 0.29) is 12.8 Å². The van der Waals surface area contributed by atoms with Gasteiger partial charge in [0.1, 0.15) is 6.04 Å². The number of amides is 2. The smallest absolute Gasteiger partial charge is 0.326 e. The van der Waals surface area contributed by atoms with Crippen LogP contribution in [-0.2, 0) is 14.3 Å². The molecule has 0 saturated carbocycles. The summed E-state index contributed by atoms with van der Waals surface area (Å²) in [6, 6.07) is -1.63. The summed E-state index contributed by atoms with van der Waals surface area (Å²) in [6.45, 7) is 0.504. The van der Waals surface area contributed by atoms with Gasteiger partial charge in [0.05, 0.1) is 7.11 Å². The third kappa shape index (κ3) is 10.9. The average molecular weight is 320 g/mol. The fourth-order valence-electron chi connectivity index (χ4n) is 1.58. The molecule has 0 aromatic rings. The van der Waals surface area contributed by atoms with Crippen LogP contribution in [0.25, 0.3) is 0 Å². The van der Waals surface area contributed by atoms with E-state index in [0.29, 0.717) is 6.54 Å². The van der Waals surface area contributed by atoms with E-state index in [2.05, 4.69) is 15.4 Å². The number of carbonyl (C=O) groups is 3. The number of urea groups is 1. The minimum atomic E-state index is -1.17. The molecule has 0 unspecified atom stereocenters. The molecule has 0 bridgehead atoms. The van der Waals surface area contributed by atoms with Crippen molar-refractivity contribution in [1.29, 1.82) is 0 Å². The van der Waals surface area contributed by atoms with Crippen molar-refractivity contribution in [1.82, 2.24) is 10.6 Å². The van der Waals surface area contributed by atoms with Crippen LogP contribution in [-0.4, -0.2) is 54.8 Å². The summed E-state index contributed by atoms with van der Waals surface area (Å²) in [5.41, 5.74) is 0. The van der Waals surface area contributed by atoms with E-state index < -0.39 is 24.0 Å². The van der Waals surface area contributed by atoms with E-state index in [4.69, 9.17) is 5.11 Å². The standard InChI is InChI=1S/C13H24N2O5S/c1-20-11(16)7-6-10(12(17)18)15-13(19)14-8-4-3-5-9-21-2/h10H,3-9H2,1-2H3,(H,17,18)(H2,14,15,19)/t10-/m1/s1. The van der Waals surface area contributed by atoms with E-state index in [1.807, 2.05) is 6.26 Å². The van der Waals surface area contributed by atoms with E-state index in [0.717, 1.165) is 25.0 Å². The summed E-state index contributed by atoms with van der Waals surface area (Å²) < 4.78 is 4.44. The molecule has 0 spiro atoms. The zero-order valence-electron chi connectivity index (χ0n) is 12.5. The number of hydrogen-bond donors (Lipinski definition) is 3. The van der Waals surface area contributed by atoms with E-state index in [1.54, 1.807) is 11.8 Å².